The molecule has 0 spiro atoms. The Morgan fingerprint density at radius 3 is 2.59 bits per heavy atom. The van der Waals surface area contributed by atoms with Crippen molar-refractivity contribution in [1.82, 2.24) is 4.57 Å². The number of aromatic nitrogens is 1. The molecule has 0 atom stereocenters. The Morgan fingerprint density at radius 1 is 1.07 bits per heavy atom. The summed E-state index contributed by atoms with van der Waals surface area (Å²) in [5.74, 6) is -1.15. The van der Waals surface area contributed by atoms with Gasteiger partial charge in [0.1, 0.15) is 5.82 Å². The van der Waals surface area contributed by atoms with E-state index < -0.39 is 5.76 Å². The highest BCUT2D eigenvalue weighted by molar-refractivity contribution is 6.06. The first-order valence-electron chi connectivity index (χ1n) is 9.18. The number of nitrogens with zero attached hydrogens (tertiary/aromatic N) is 1. The van der Waals surface area contributed by atoms with Crippen LogP contribution in [0.15, 0.2) is 69.9 Å². The van der Waals surface area contributed by atoms with Crippen LogP contribution < -0.4 is 11.1 Å². The summed E-state index contributed by atoms with van der Waals surface area (Å²) in [6.45, 7) is 4.15. The summed E-state index contributed by atoms with van der Waals surface area (Å²) in [6, 6.07) is 16.5. The normalized spacial score (nSPS) is 11.0. The van der Waals surface area contributed by atoms with Crippen molar-refractivity contribution in [3.8, 4) is 0 Å². The van der Waals surface area contributed by atoms with E-state index in [1.807, 2.05) is 32.0 Å². The first-order valence-corrected chi connectivity index (χ1v) is 9.18. The highest BCUT2D eigenvalue weighted by Gasteiger charge is 2.14. The van der Waals surface area contributed by atoms with Crippen molar-refractivity contribution in [3.63, 3.8) is 0 Å². The smallest absolute Gasteiger partial charge is 0.408 e. The molecule has 0 fully saturated rings. The lowest BCUT2D eigenvalue weighted by molar-refractivity contribution is 0.102. The van der Waals surface area contributed by atoms with Gasteiger partial charge < -0.3 is 9.73 Å². The molecule has 0 saturated carbocycles. The average molecular weight is 390 g/mol. The van der Waals surface area contributed by atoms with Crippen LogP contribution >= 0.6 is 0 Å². The SMILES string of the molecule is Cc1cccc(NC(=O)c2ccc3oc(=O)n(Cc4ccc(F)cc4)c3c2)c1C. The second-order valence-corrected chi connectivity index (χ2v) is 6.96. The Kier molecular flexibility index (Phi) is 4.76. The summed E-state index contributed by atoms with van der Waals surface area (Å²) in [6.07, 6.45) is 0. The zero-order chi connectivity index (χ0) is 20.5. The van der Waals surface area contributed by atoms with Crippen LogP contribution in [0.1, 0.15) is 27.0 Å². The summed E-state index contributed by atoms with van der Waals surface area (Å²) in [5.41, 5.74) is 4.88. The van der Waals surface area contributed by atoms with Gasteiger partial charge in [-0.05, 0) is 66.9 Å². The van der Waals surface area contributed by atoms with Gasteiger partial charge in [0.15, 0.2) is 5.58 Å². The Bertz CT molecular complexity index is 1270. The number of nitrogens with one attached hydrogen (secondary N) is 1. The Balaban J connectivity index is 1.68. The minimum Gasteiger partial charge on any atom is -0.408 e. The fraction of sp³-hybridized carbons (Fsp3) is 0.130. The summed E-state index contributed by atoms with van der Waals surface area (Å²) in [4.78, 5) is 25.1. The molecule has 0 aliphatic rings. The summed E-state index contributed by atoms with van der Waals surface area (Å²) >= 11 is 0. The summed E-state index contributed by atoms with van der Waals surface area (Å²) in [5, 5.41) is 2.92. The van der Waals surface area contributed by atoms with Crippen LogP contribution in [0.5, 0.6) is 0 Å². The number of carbonyl (C=O) groups excluding carboxylic acids is 1. The molecular weight excluding hydrogens is 371 g/mol. The largest absolute Gasteiger partial charge is 0.420 e. The van der Waals surface area contributed by atoms with Gasteiger partial charge in [-0.15, -0.1) is 0 Å². The van der Waals surface area contributed by atoms with Gasteiger partial charge in [-0.3, -0.25) is 9.36 Å². The fourth-order valence-electron chi connectivity index (χ4n) is 3.21. The van der Waals surface area contributed by atoms with Crippen LogP contribution in [-0.4, -0.2) is 10.5 Å². The van der Waals surface area contributed by atoms with E-state index in [0.29, 0.717) is 16.7 Å². The molecule has 1 aromatic heterocycles. The molecule has 1 amide bonds. The maximum absolute atomic E-state index is 13.1. The van der Waals surface area contributed by atoms with Gasteiger partial charge in [-0.2, -0.15) is 0 Å². The highest BCUT2D eigenvalue weighted by atomic mass is 19.1. The van der Waals surface area contributed by atoms with Gasteiger partial charge in [0.25, 0.3) is 5.91 Å². The van der Waals surface area contributed by atoms with Gasteiger partial charge in [0.05, 0.1) is 12.1 Å². The molecule has 0 bridgehead atoms. The zero-order valence-electron chi connectivity index (χ0n) is 16.0. The minimum atomic E-state index is -0.531. The number of amides is 1. The number of aryl methyl sites for hydroxylation is 1. The third kappa shape index (κ3) is 3.69. The Hall–Kier alpha value is -3.67. The lowest BCUT2D eigenvalue weighted by atomic mass is 10.1. The molecule has 0 aliphatic heterocycles. The third-order valence-electron chi connectivity index (χ3n) is 5.04. The molecule has 5 nitrogen and oxygen atoms in total. The molecule has 3 aromatic carbocycles. The number of anilines is 1. The van der Waals surface area contributed by atoms with E-state index in [0.717, 1.165) is 22.4 Å². The molecule has 6 heteroatoms. The summed E-state index contributed by atoms with van der Waals surface area (Å²) < 4.78 is 19.9. The predicted molar refractivity (Wildman–Crippen MR) is 110 cm³/mol. The van der Waals surface area contributed by atoms with Crippen molar-refractivity contribution < 1.29 is 13.6 Å². The molecule has 1 N–H and O–H groups in total. The van der Waals surface area contributed by atoms with E-state index >= 15 is 0 Å². The Morgan fingerprint density at radius 2 is 1.83 bits per heavy atom. The zero-order valence-corrected chi connectivity index (χ0v) is 16.0. The van der Waals surface area contributed by atoms with Crippen molar-refractivity contribution in [2.24, 2.45) is 0 Å². The molecule has 146 valence electrons. The molecule has 29 heavy (non-hydrogen) atoms. The number of rotatable bonds is 4. The van der Waals surface area contributed by atoms with Crippen LogP contribution in [0, 0.1) is 19.7 Å². The highest BCUT2D eigenvalue weighted by Crippen LogP contribution is 2.21. The summed E-state index contributed by atoms with van der Waals surface area (Å²) in [7, 11) is 0. The van der Waals surface area contributed by atoms with E-state index in [1.165, 1.54) is 16.7 Å². The van der Waals surface area contributed by atoms with Crippen molar-refractivity contribution in [3.05, 3.63) is 99.3 Å². The standard InChI is InChI=1S/C23H19FN2O3/c1-14-4-3-5-19(15(14)2)25-22(27)17-8-11-21-20(12-17)26(23(28)29-21)13-16-6-9-18(24)10-7-16/h3-12H,13H2,1-2H3,(H,25,27). The number of oxazole rings is 1. The molecule has 0 aliphatic carbocycles. The molecule has 0 unspecified atom stereocenters. The second kappa shape index (κ2) is 7.39. The van der Waals surface area contributed by atoms with Gasteiger partial charge in [-0.25, -0.2) is 9.18 Å². The third-order valence-corrected chi connectivity index (χ3v) is 5.04. The lowest BCUT2D eigenvalue weighted by Crippen LogP contribution is -2.16. The predicted octanol–water partition coefficient (Wildman–Crippen LogP) is 4.65. The maximum atomic E-state index is 13.1. The van der Waals surface area contributed by atoms with Crippen LogP contribution in [0.4, 0.5) is 10.1 Å². The minimum absolute atomic E-state index is 0.216. The van der Waals surface area contributed by atoms with Crippen LogP contribution in [0.2, 0.25) is 0 Å². The first-order chi connectivity index (χ1) is 13.9. The van der Waals surface area contributed by atoms with E-state index in [1.54, 1.807) is 30.3 Å². The van der Waals surface area contributed by atoms with Gasteiger partial charge >= 0.3 is 5.76 Å². The van der Waals surface area contributed by atoms with E-state index in [2.05, 4.69) is 5.32 Å². The number of halogens is 1. The topological polar surface area (TPSA) is 64.2 Å². The molecule has 0 saturated heterocycles. The average Bonchev–Trinajstić information content (AvgIpc) is 3.01. The number of fused-ring (bicyclic) bond motifs is 1. The van der Waals surface area contributed by atoms with Gasteiger partial charge in [-0.1, -0.05) is 24.3 Å². The van der Waals surface area contributed by atoms with Crippen molar-refractivity contribution in [1.29, 1.82) is 0 Å². The van der Waals surface area contributed by atoms with Crippen LogP contribution in [0.3, 0.4) is 0 Å². The number of carbonyl (C=O) groups is 1. The van der Waals surface area contributed by atoms with E-state index in [4.69, 9.17) is 4.42 Å². The van der Waals surface area contributed by atoms with Gasteiger partial charge in [0.2, 0.25) is 0 Å². The van der Waals surface area contributed by atoms with Crippen molar-refractivity contribution >= 4 is 22.7 Å². The van der Waals surface area contributed by atoms with E-state index in [9.17, 15) is 14.0 Å². The monoisotopic (exact) mass is 390 g/mol. The second-order valence-electron chi connectivity index (χ2n) is 6.96. The molecule has 0 radical (unpaired) electrons. The first kappa shape index (κ1) is 18.7. The molecule has 4 aromatic rings. The number of hydrogen-bond acceptors (Lipinski definition) is 3. The van der Waals surface area contributed by atoms with Crippen LogP contribution in [-0.2, 0) is 6.54 Å². The van der Waals surface area contributed by atoms with Gasteiger partial charge in [0, 0.05) is 11.3 Å². The van der Waals surface area contributed by atoms with Crippen molar-refractivity contribution in [2.45, 2.75) is 20.4 Å². The Labute approximate surface area is 166 Å². The lowest BCUT2D eigenvalue weighted by Gasteiger charge is -2.10. The van der Waals surface area contributed by atoms with E-state index in [-0.39, 0.29) is 18.3 Å². The number of hydrogen-bond donors (Lipinski definition) is 1. The van der Waals surface area contributed by atoms with Crippen LogP contribution in [0.25, 0.3) is 11.1 Å². The quantitative estimate of drug-likeness (QED) is 0.552. The molecule has 4 rings (SSSR count). The molecular formula is C23H19FN2O3. The maximum Gasteiger partial charge on any atom is 0.420 e. The molecule has 1 heterocycles. The van der Waals surface area contributed by atoms with Crippen molar-refractivity contribution in [2.75, 3.05) is 5.32 Å². The number of benzene rings is 3. The fourth-order valence-corrected chi connectivity index (χ4v) is 3.21.